The molecule has 3 aliphatic carbocycles. The molecule has 7 nitrogen and oxygen atoms in total. The maximum Gasteiger partial charge on any atom is 0.268 e. The average Bonchev–Trinajstić information content (AvgIpc) is 3.35. The zero-order valence-corrected chi connectivity index (χ0v) is 23.7. The van der Waals surface area contributed by atoms with E-state index in [2.05, 4.69) is 13.8 Å². The Morgan fingerprint density at radius 1 is 1.08 bits per heavy atom. The number of carbonyl (C=O) groups is 1. The van der Waals surface area contributed by atoms with Gasteiger partial charge in [0.1, 0.15) is 5.82 Å². The maximum absolute atomic E-state index is 14.4. The molecule has 1 amide bonds. The van der Waals surface area contributed by atoms with Crippen molar-refractivity contribution < 1.29 is 26.0 Å². The molecule has 5 atom stereocenters. The highest BCUT2D eigenvalue weighted by Gasteiger charge is 2.73. The van der Waals surface area contributed by atoms with Crippen molar-refractivity contribution in [1.29, 1.82) is 0 Å². The second-order valence-corrected chi connectivity index (χ2v) is 16.2. The summed E-state index contributed by atoms with van der Waals surface area (Å²) >= 11 is 0. The second-order valence-electron chi connectivity index (χ2n) is 12.6. The summed E-state index contributed by atoms with van der Waals surface area (Å²) in [4.78, 5) is 13.9. The number of aryl methyl sites for hydroxylation is 1. The van der Waals surface area contributed by atoms with E-state index in [9.17, 15) is 26.0 Å². The van der Waals surface area contributed by atoms with Gasteiger partial charge in [0.25, 0.3) is 10.0 Å². The number of hydrogen-bond donors (Lipinski definition) is 0. The molecule has 0 radical (unpaired) electrons. The van der Waals surface area contributed by atoms with Crippen molar-refractivity contribution in [3.63, 3.8) is 0 Å². The van der Waals surface area contributed by atoms with Gasteiger partial charge in [-0.3, -0.25) is 4.79 Å². The van der Waals surface area contributed by atoms with Crippen molar-refractivity contribution in [3.8, 4) is 0 Å². The molecule has 0 N–H and O–H groups in total. The van der Waals surface area contributed by atoms with Crippen LogP contribution in [0.1, 0.15) is 56.6 Å². The first-order valence-corrected chi connectivity index (χ1v) is 16.5. The highest BCUT2D eigenvalue weighted by atomic mass is 32.2. The number of rotatable bonds is 4. The van der Waals surface area contributed by atoms with Crippen LogP contribution in [-0.2, 0) is 24.8 Å². The molecule has 2 heterocycles. The third-order valence-electron chi connectivity index (χ3n) is 10.5. The lowest BCUT2D eigenvalue weighted by molar-refractivity contribution is -0.130. The monoisotopic (exact) mass is 570 g/mol. The number of halogens is 1. The Balaban J connectivity index is 1.26. The summed E-state index contributed by atoms with van der Waals surface area (Å²) in [6.45, 7) is 6.16. The number of benzene rings is 2. The summed E-state index contributed by atoms with van der Waals surface area (Å²) in [5, 5.41) is 0.424. The zero-order valence-electron chi connectivity index (χ0n) is 22.1. The summed E-state index contributed by atoms with van der Waals surface area (Å²) < 4.78 is 70.7. The van der Waals surface area contributed by atoms with Gasteiger partial charge >= 0.3 is 0 Å². The largest absolute Gasteiger partial charge is 0.273 e. The molecular weight excluding hydrogens is 539 g/mol. The van der Waals surface area contributed by atoms with Gasteiger partial charge in [-0.05, 0) is 85.8 Å². The Morgan fingerprint density at radius 3 is 2.49 bits per heavy atom. The fraction of sp³-hybridized carbons (Fsp3) is 0.483. The first kappa shape index (κ1) is 25.3. The number of sulfonamides is 1. The summed E-state index contributed by atoms with van der Waals surface area (Å²) in [6.07, 6.45) is 4.40. The highest BCUT2D eigenvalue weighted by molar-refractivity contribution is 7.90. The van der Waals surface area contributed by atoms with Gasteiger partial charge in [0.2, 0.25) is 15.9 Å². The Labute approximate surface area is 228 Å². The molecule has 0 unspecified atom stereocenters. The molecule has 1 saturated heterocycles. The van der Waals surface area contributed by atoms with Crippen LogP contribution in [0.3, 0.4) is 0 Å². The number of aromatic nitrogens is 1. The van der Waals surface area contributed by atoms with Crippen LogP contribution in [0.25, 0.3) is 10.9 Å². The smallest absolute Gasteiger partial charge is 0.268 e. The maximum atomic E-state index is 14.4. The average molecular weight is 571 g/mol. The number of nitrogens with zero attached hydrogens (tertiary/aromatic N) is 2. The molecule has 10 heteroatoms. The van der Waals surface area contributed by atoms with E-state index in [4.69, 9.17) is 0 Å². The van der Waals surface area contributed by atoms with Crippen molar-refractivity contribution in [2.24, 2.45) is 22.7 Å². The van der Waals surface area contributed by atoms with E-state index in [1.807, 2.05) is 6.92 Å². The van der Waals surface area contributed by atoms with Crippen molar-refractivity contribution >= 4 is 36.9 Å². The number of amides is 1. The highest BCUT2D eigenvalue weighted by Crippen LogP contribution is 2.70. The van der Waals surface area contributed by atoms with Crippen LogP contribution in [0.2, 0.25) is 0 Å². The molecule has 2 aromatic carbocycles. The third-order valence-corrected chi connectivity index (χ3v) is 14.1. The summed E-state index contributed by atoms with van der Waals surface area (Å²) in [5.74, 6) is -1.46. The molecule has 4 aliphatic rings. The number of carbonyl (C=O) groups excluding carboxylic acids is 1. The van der Waals surface area contributed by atoms with Gasteiger partial charge in [0.15, 0.2) is 0 Å². The van der Waals surface area contributed by atoms with Crippen LogP contribution in [0, 0.1) is 35.4 Å². The molecule has 1 spiro atoms. The first-order chi connectivity index (χ1) is 18.3. The van der Waals surface area contributed by atoms with Crippen LogP contribution in [0.5, 0.6) is 0 Å². The molecule has 3 aromatic rings. The second kappa shape index (κ2) is 7.72. The molecule has 7 rings (SSSR count). The summed E-state index contributed by atoms with van der Waals surface area (Å²) in [6, 6.07) is 10.1. The van der Waals surface area contributed by atoms with Gasteiger partial charge in [0, 0.05) is 22.9 Å². The third kappa shape index (κ3) is 3.27. The van der Waals surface area contributed by atoms with E-state index >= 15 is 0 Å². The Kier molecular flexibility index (Phi) is 5.00. The molecule has 1 aromatic heterocycles. The van der Waals surface area contributed by atoms with Gasteiger partial charge in [0.05, 0.1) is 22.2 Å². The van der Waals surface area contributed by atoms with Crippen LogP contribution in [-0.4, -0.2) is 42.8 Å². The van der Waals surface area contributed by atoms with Crippen molar-refractivity contribution in [2.75, 3.05) is 5.75 Å². The van der Waals surface area contributed by atoms with Crippen LogP contribution < -0.4 is 0 Å². The van der Waals surface area contributed by atoms with E-state index in [-0.39, 0.29) is 28.0 Å². The lowest BCUT2D eigenvalue weighted by Gasteiger charge is -2.37. The van der Waals surface area contributed by atoms with Crippen molar-refractivity contribution in [1.82, 2.24) is 8.28 Å². The SMILES string of the molecule is Cc1ccc(S(=O)(=O)n2cc([C@H]3C[C@@H]3C(=O)N3[C@H]4C[C@@H]5CC[C@@]4(CS3(=O)=O)C5(C)C)c3cc(F)ccc32)cc1. The van der Waals surface area contributed by atoms with Crippen LogP contribution in [0.15, 0.2) is 53.6 Å². The predicted octanol–water partition coefficient (Wildman–Crippen LogP) is 4.80. The van der Waals surface area contributed by atoms with Gasteiger partial charge < -0.3 is 0 Å². The Hall–Kier alpha value is -2.72. The minimum absolute atomic E-state index is 0.0105. The minimum Gasteiger partial charge on any atom is -0.273 e. The minimum atomic E-state index is -3.98. The fourth-order valence-corrected chi connectivity index (χ4v) is 12.0. The molecule has 2 bridgehead atoms. The van der Waals surface area contributed by atoms with Crippen molar-refractivity contribution in [3.05, 3.63) is 65.6 Å². The molecule has 1 aliphatic heterocycles. The topological polar surface area (TPSA) is 93.5 Å². The van der Waals surface area contributed by atoms with Gasteiger partial charge in [-0.15, -0.1) is 0 Å². The number of hydrogen-bond acceptors (Lipinski definition) is 5. The quantitative estimate of drug-likeness (QED) is 0.450. The van der Waals surface area contributed by atoms with E-state index < -0.39 is 43.1 Å². The standard InChI is InChI=1S/C29H31FN2O5S2/c1-17-4-7-20(8-5-17)39(36,37)31-15-24(22-13-19(30)6-9-25(22)31)21-14-23(21)27(33)32-26-12-18-10-11-29(26,28(18,2)3)16-38(32,34)35/h4-9,13,15,18,21,23,26H,10-12,14,16H2,1-3H3/t18-,21-,23-,26-,29-/m0/s1. The molecule has 206 valence electrons. The van der Waals surface area contributed by atoms with Crippen molar-refractivity contribution in [2.45, 2.75) is 63.3 Å². The van der Waals surface area contributed by atoms with Gasteiger partial charge in [-0.1, -0.05) is 31.5 Å². The van der Waals surface area contributed by atoms with E-state index in [1.165, 1.54) is 40.8 Å². The number of fused-ring (bicyclic) bond motifs is 2. The lowest BCUT2D eigenvalue weighted by Crippen LogP contribution is -2.44. The normalized spacial score (nSPS) is 32.1. The molecular formula is C29H31FN2O5S2. The first-order valence-electron chi connectivity index (χ1n) is 13.5. The lowest BCUT2D eigenvalue weighted by atomic mass is 9.69. The molecule has 3 saturated carbocycles. The van der Waals surface area contributed by atoms with Gasteiger partial charge in [-0.2, -0.15) is 0 Å². The molecule has 39 heavy (non-hydrogen) atoms. The zero-order chi connectivity index (χ0) is 27.7. The molecule has 4 fully saturated rings. The summed E-state index contributed by atoms with van der Waals surface area (Å²) in [7, 11) is -7.74. The van der Waals surface area contributed by atoms with Crippen LogP contribution in [0.4, 0.5) is 4.39 Å². The van der Waals surface area contributed by atoms with Gasteiger partial charge in [-0.25, -0.2) is 29.5 Å². The summed E-state index contributed by atoms with van der Waals surface area (Å²) in [5.41, 5.74) is 1.26. The Bertz CT molecular complexity index is 1780. The van der Waals surface area contributed by atoms with E-state index in [0.717, 1.165) is 22.4 Å². The predicted molar refractivity (Wildman–Crippen MR) is 144 cm³/mol. The van der Waals surface area contributed by atoms with Crippen LogP contribution >= 0.6 is 0 Å². The van der Waals surface area contributed by atoms with E-state index in [0.29, 0.717) is 35.2 Å². The van der Waals surface area contributed by atoms with E-state index in [1.54, 1.807) is 12.1 Å². The fourth-order valence-electron chi connectivity index (χ4n) is 8.07. The Morgan fingerprint density at radius 2 is 1.79 bits per heavy atom.